The van der Waals surface area contributed by atoms with Gasteiger partial charge in [0.1, 0.15) is 5.82 Å². The quantitative estimate of drug-likeness (QED) is 0.903. The third kappa shape index (κ3) is 3.40. The van der Waals surface area contributed by atoms with E-state index in [0.717, 1.165) is 0 Å². The summed E-state index contributed by atoms with van der Waals surface area (Å²) in [6.07, 6.45) is 5.41. The predicted molar refractivity (Wildman–Crippen MR) is 88.0 cm³/mol. The molecular formula is C18H20FN3O3. The van der Waals surface area contributed by atoms with Gasteiger partial charge in [0, 0.05) is 37.0 Å². The van der Waals surface area contributed by atoms with Gasteiger partial charge in [-0.25, -0.2) is 9.37 Å². The zero-order valence-corrected chi connectivity index (χ0v) is 13.9. The van der Waals surface area contributed by atoms with Crippen LogP contribution < -0.4 is 0 Å². The monoisotopic (exact) mass is 345 g/mol. The summed E-state index contributed by atoms with van der Waals surface area (Å²) in [5.41, 5.74) is 0.250. The van der Waals surface area contributed by atoms with Crippen molar-refractivity contribution in [3.63, 3.8) is 0 Å². The predicted octanol–water partition coefficient (Wildman–Crippen LogP) is 2.48. The Bertz CT molecular complexity index is 763. The van der Waals surface area contributed by atoms with Crippen LogP contribution in [0.4, 0.5) is 4.39 Å². The van der Waals surface area contributed by atoms with E-state index >= 15 is 0 Å². The minimum absolute atomic E-state index is 0.149. The van der Waals surface area contributed by atoms with Crippen LogP contribution in [0.3, 0.4) is 0 Å². The van der Waals surface area contributed by atoms with Gasteiger partial charge in [-0.15, -0.1) is 0 Å². The van der Waals surface area contributed by atoms with Crippen molar-refractivity contribution in [2.24, 2.45) is 5.92 Å². The van der Waals surface area contributed by atoms with Crippen LogP contribution in [-0.4, -0.2) is 37.5 Å². The third-order valence-corrected chi connectivity index (χ3v) is 4.69. The summed E-state index contributed by atoms with van der Waals surface area (Å²) in [4.78, 5) is 29.9. The van der Waals surface area contributed by atoms with Crippen molar-refractivity contribution >= 4 is 11.9 Å². The highest BCUT2D eigenvalue weighted by atomic mass is 19.1. The summed E-state index contributed by atoms with van der Waals surface area (Å²) < 4.78 is 16.2. The summed E-state index contributed by atoms with van der Waals surface area (Å²) in [6.45, 7) is 2.30. The zero-order chi connectivity index (χ0) is 18.0. The number of carbonyl (C=O) groups excluding carboxylic acids is 1. The highest BCUT2D eigenvalue weighted by Gasteiger charge is 2.43. The number of likely N-dealkylation sites (tertiary alicyclic amines) is 1. The molecule has 0 spiro atoms. The van der Waals surface area contributed by atoms with E-state index in [2.05, 4.69) is 4.98 Å². The molecule has 1 N–H and O–H groups in total. The largest absolute Gasteiger partial charge is 0.481 e. The molecule has 6 nitrogen and oxygen atoms in total. The number of halogens is 1. The summed E-state index contributed by atoms with van der Waals surface area (Å²) in [7, 11) is 0. The Labute approximate surface area is 144 Å². The van der Waals surface area contributed by atoms with Crippen molar-refractivity contribution in [1.29, 1.82) is 0 Å². The number of carboxylic acid groups (broad SMARTS) is 1. The lowest BCUT2D eigenvalue weighted by Crippen LogP contribution is -2.50. The molecule has 3 atom stereocenters. The lowest BCUT2D eigenvalue weighted by Gasteiger charge is -2.43. The Balaban J connectivity index is 1.99. The Morgan fingerprint density at radius 3 is 2.84 bits per heavy atom. The van der Waals surface area contributed by atoms with Gasteiger partial charge >= 0.3 is 5.97 Å². The van der Waals surface area contributed by atoms with Crippen LogP contribution in [0.1, 0.15) is 31.4 Å². The van der Waals surface area contributed by atoms with Gasteiger partial charge in [0.05, 0.1) is 18.3 Å². The minimum Gasteiger partial charge on any atom is -0.481 e. The number of aliphatic carboxylic acids is 1. The van der Waals surface area contributed by atoms with Crippen molar-refractivity contribution in [2.45, 2.75) is 38.4 Å². The molecule has 0 radical (unpaired) electrons. The maximum atomic E-state index is 14.4. The Morgan fingerprint density at radius 1 is 1.44 bits per heavy atom. The first-order valence-corrected chi connectivity index (χ1v) is 8.23. The summed E-state index contributed by atoms with van der Waals surface area (Å²) in [5, 5.41) is 9.63. The van der Waals surface area contributed by atoms with Crippen LogP contribution >= 0.6 is 0 Å². The lowest BCUT2D eigenvalue weighted by molar-refractivity contribution is -0.154. The van der Waals surface area contributed by atoms with Crippen molar-refractivity contribution in [2.75, 3.05) is 0 Å². The van der Waals surface area contributed by atoms with E-state index < -0.39 is 23.7 Å². The average molecular weight is 345 g/mol. The molecule has 0 bridgehead atoms. The topological polar surface area (TPSA) is 75.4 Å². The van der Waals surface area contributed by atoms with Gasteiger partial charge in [-0.05, 0) is 19.4 Å². The molecule has 25 heavy (non-hydrogen) atoms. The Morgan fingerprint density at radius 2 is 2.20 bits per heavy atom. The van der Waals surface area contributed by atoms with E-state index in [1.165, 1.54) is 11.0 Å². The van der Waals surface area contributed by atoms with Crippen molar-refractivity contribution < 1.29 is 19.1 Å². The average Bonchev–Trinajstić information content (AvgIpc) is 3.07. The first-order chi connectivity index (χ1) is 12.0. The molecule has 0 saturated carbocycles. The fourth-order valence-corrected chi connectivity index (χ4v) is 3.56. The van der Waals surface area contributed by atoms with E-state index in [1.54, 1.807) is 36.9 Å². The SMILES string of the molecule is C[C@H](Cn1ccnc1)N1C(=O)CC[C@H](C(=O)O)[C@@H]1c1ccccc1F. The summed E-state index contributed by atoms with van der Waals surface area (Å²) in [5.74, 6) is -2.49. The molecule has 2 heterocycles. The molecule has 0 unspecified atom stereocenters. The second-order valence-electron chi connectivity index (χ2n) is 6.36. The molecule has 1 aromatic heterocycles. The number of carboxylic acids is 1. The van der Waals surface area contributed by atoms with Crippen molar-refractivity contribution in [3.05, 3.63) is 54.4 Å². The maximum absolute atomic E-state index is 14.4. The molecule has 1 aliphatic rings. The third-order valence-electron chi connectivity index (χ3n) is 4.69. The molecule has 1 aromatic carbocycles. The molecule has 7 heteroatoms. The smallest absolute Gasteiger partial charge is 0.308 e. The second kappa shape index (κ2) is 7.04. The number of carbonyl (C=O) groups is 2. The van der Waals surface area contributed by atoms with Crippen molar-refractivity contribution in [3.8, 4) is 0 Å². The molecule has 1 saturated heterocycles. The molecule has 1 aliphatic heterocycles. The number of hydrogen-bond donors (Lipinski definition) is 1. The van der Waals surface area contributed by atoms with Crippen LogP contribution in [0.5, 0.6) is 0 Å². The number of rotatable bonds is 5. The van der Waals surface area contributed by atoms with E-state index in [0.29, 0.717) is 6.54 Å². The summed E-state index contributed by atoms with van der Waals surface area (Å²) in [6, 6.07) is 4.96. The number of benzene rings is 1. The number of hydrogen-bond acceptors (Lipinski definition) is 3. The highest BCUT2D eigenvalue weighted by Crippen LogP contribution is 2.39. The van der Waals surface area contributed by atoms with Crippen LogP contribution in [0.2, 0.25) is 0 Å². The van der Waals surface area contributed by atoms with Gasteiger partial charge < -0.3 is 14.6 Å². The molecule has 0 aliphatic carbocycles. The van der Waals surface area contributed by atoms with Gasteiger partial charge in [0.15, 0.2) is 0 Å². The number of aromatic nitrogens is 2. The van der Waals surface area contributed by atoms with Gasteiger partial charge in [-0.3, -0.25) is 9.59 Å². The fraction of sp³-hybridized carbons (Fsp3) is 0.389. The highest BCUT2D eigenvalue weighted by molar-refractivity contribution is 5.82. The minimum atomic E-state index is -1.01. The van der Waals surface area contributed by atoms with E-state index in [-0.39, 0.29) is 30.4 Å². The Kier molecular flexibility index (Phi) is 4.83. The van der Waals surface area contributed by atoms with Crippen molar-refractivity contribution in [1.82, 2.24) is 14.5 Å². The van der Waals surface area contributed by atoms with Gasteiger partial charge in [-0.1, -0.05) is 18.2 Å². The van der Waals surface area contributed by atoms with Crippen LogP contribution in [0, 0.1) is 11.7 Å². The first kappa shape index (κ1) is 17.1. The molecule has 1 fully saturated rings. The number of piperidine rings is 1. The summed E-state index contributed by atoms with van der Waals surface area (Å²) >= 11 is 0. The first-order valence-electron chi connectivity index (χ1n) is 8.23. The Hall–Kier alpha value is -2.70. The second-order valence-corrected chi connectivity index (χ2v) is 6.36. The standard InChI is InChI=1S/C18H20FN3O3/c1-12(10-21-9-8-20-11-21)22-16(23)7-6-14(18(24)25)17(22)13-4-2-3-5-15(13)19/h2-5,8-9,11-12,14,17H,6-7,10H2,1H3,(H,24,25)/t12-,14+,17+/m1/s1. The van der Waals surface area contributed by atoms with Crippen LogP contribution in [-0.2, 0) is 16.1 Å². The normalized spacial score (nSPS) is 22.0. The van der Waals surface area contributed by atoms with E-state index in [9.17, 15) is 19.1 Å². The maximum Gasteiger partial charge on any atom is 0.308 e. The number of nitrogens with zero attached hydrogens (tertiary/aromatic N) is 3. The van der Waals surface area contributed by atoms with Crippen LogP contribution in [0.25, 0.3) is 0 Å². The molecular weight excluding hydrogens is 325 g/mol. The fourth-order valence-electron chi connectivity index (χ4n) is 3.56. The number of imidazole rings is 1. The zero-order valence-electron chi connectivity index (χ0n) is 13.9. The van der Waals surface area contributed by atoms with E-state index in [1.807, 2.05) is 11.5 Å². The molecule has 132 valence electrons. The van der Waals surface area contributed by atoms with Crippen LogP contribution in [0.15, 0.2) is 43.0 Å². The number of amides is 1. The van der Waals surface area contributed by atoms with Gasteiger partial charge in [-0.2, -0.15) is 0 Å². The van der Waals surface area contributed by atoms with Gasteiger partial charge in [0.2, 0.25) is 5.91 Å². The molecule has 3 rings (SSSR count). The lowest BCUT2D eigenvalue weighted by atomic mass is 9.83. The molecule has 2 aromatic rings. The van der Waals surface area contributed by atoms with E-state index in [4.69, 9.17) is 0 Å². The van der Waals surface area contributed by atoms with Gasteiger partial charge in [0.25, 0.3) is 0 Å². The molecule has 1 amide bonds.